The summed E-state index contributed by atoms with van der Waals surface area (Å²) >= 11 is 0. The van der Waals surface area contributed by atoms with Gasteiger partial charge in [0.25, 0.3) is 0 Å². The summed E-state index contributed by atoms with van der Waals surface area (Å²) in [6, 6.07) is 0. The molecule has 0 aromatic carbocycles. The van der Waals surface area contributed by atoms with E-state index in [1.54, 1.807) is 30.3 Å². The molecule has 0 radical (unpaired) electrons. The largest absolute Gasteiger partial charge is 0.456 e. The number of carbonyl (C=O) groups excluding carboxylic acids is 2. The molecule has 47 heavy (non-hydrogen) atoms. The summed E-state index contributed by atoms with van der Waals surface area (Å²) < 4.78 is 38.1. The van der Waals surface area contributed by atoms with E-state index in [9.17, 15) is 19.8 Å². The lowest BCUT2D eigenvalue weighted by atomic mass is 9.65. The Morgan fingerprint density at radius 2 is 2.00 bits per heavy atom. The fourth-order valence-electron chi connectivity index (χ4n) is 7.17. The number of imidazole rings is 1. The summed E-state index contributed by atoms with van der Waals surface area (Å²) in [7, 11) is 3.40. The maximum absolute atomic E-state index is 13.3. The highest BCUT2D eigenvalue weighted by atomic mass is 16.7. The zero-order valence-electron chi connectivity index (χ0n) is 28.2. The van der Waals surface area contributed by atoms with Gasteiger partial charge >= 0.3 is 11.9 Å². The topological polar surface area (TPSA) is 148 Å². The number of aliphatic hydroxyl groups is 2. The Kier molecular flexibility index (Phi) is 10.6. The highest BCUT2D eigenvalue weighted by Crippen LogP contribution is 2.49. The number of ether oxygens (including phenoxy) is 6. The van der Waals surface area contributed by atoms with Gasteiger partial charge in [0.2, 0.25) is 5.79 Å². The van der Waals surface area contributed by atoms with Crippen LogP contribution in [0.1, 0.15) is 53.2 Å². The molecule has 1 aromatic rings. The zero-order valence-corrected chi connectivity index (χ0v) is 28.2. The van der Waals surface area contributed by atoms with Crippen molar-refractivity contribution in [1.82, 2.24) is 9.55 Å². The molecular weight excluding hydrogens is 608 g/mol. The number of hydrogen-bond donors (Lipinski definition) is 2. The molecule has 10 atom stereocenters. The van der Waals surface area contributed by atoms with Gasteiger partial charge in [-0.25, -0.2) is 9.78 Å². The predicted octanol–water partition coefficient (Wildman–Crippen LogP) is 3.24. The quantitative estimate of drug-likeness (QED) is 0.229. The Balaban J connectivity index is 1.49. The van der Waals surface area contributed by atoms with Crippen LogP contribution in [0.2, 0.25) is 0 Å². The molecular formula is C35H48N2O10. The van der Waals surface area contributed by atoms with Gasteiger partial charge < -0.3 is 43.2 Å². The van der Waals surface area contributed by atoms with Crippen molar-refractivity contribution in [3.05, 3.63) is 59.7 Å². The van der Waals surface area contributed by atoms with Crippen molar-refractivity contribution >= 4 is 18.0 Å². The Morgan fingerprint density at radius 3 is 2.66 bits per heavy atom. The average Bonchev–Trinajstić information content (AvgIpc) is 3.61. The third kappa shape index (κ3) is 7.48. The van der Waals surface area contributed by atoms with Gasteiger partial charge in [-0.2, -0.15) is 0 Å². The van der Waals surface area contributed by atoms with Crippen LogP contribution >= 0.6 is 0 Å². The van der Waals surface area contributed by atoms with Crippen LogP contribution in [0.25, 0.3) is 6.08 Å². The number of nitrogens with zero attached hydrogens (tertiary/aromatic N) is 2. The summed E-state index contributed by atoms with van der Waals surface area (Å²) in [6.45, 7) is 9.36. The van der Waals surface area contributed by atoms with Crippen molar-refractivity contribution in [3.63, 3.8) is 0 Å². The van der Waals surface area contributed by atoms with Gasteiger partial charge in [-0.15, -0.1) is 0 Å². The van der Waals surface area contributed by atoms with E-state index in [0.717, 1.165) is 6.42 Å². The van der Waals surface area contributed by atoms with Crippen LogP contribution in [0.4, 0.5) is 0 Å². The number of aromatic nitrogens is 2. The first-order chi connectivity index (χ1) is 22.2. The van der Waals surface area contributed by atoms with E-state index in [0.29, 0.717) is 23.6 Å². The van der Waals surface area contributed by atoms with E-state index in [1.165, 1.54) is 18.6 Å². The summed E-state index contributed by atoms with van der Waals surface area (Å²) in [4.78, 5) is 29.4. The second-order valence-corrected chi connectivity index (χ2v) is 13.6. The van der Waals surface area contributed by atoms with Gasteiger partial charge in [-0.1, -0.05) is 31.6 Å². The molecule has 3 aliphatic heterocycles. The van der Waals surface area contributed by atoms with E-state index in [-0.39, 0.29) is 31.0 Å². The monoisotopic (exact) mass is 656 g/mol. The molecule has 1 aliphatic carbocycles. The number of esters is 2. The van der Waals surface area contributed by atoms with Crippen LogP contribution in [-0.4, -0.2) is 94.1 Å². The van der Waals surface area contributed by atoms with Crippen LogP contribution in [-0.2, 0) is 45.1 Å². The lowest BCUT2D eigenvalue weighted by Crippen LogP contribution is -2.55. The number of methoxy groups -OCH3 is 1. The van der Waals surface area contributed by atoms with E-state index in [2.05, 4.69) is 37.9 Å². The highest BCUT2D eigenvalue weighted by Gasteiger charge is 2.54. The summed E-state index contributed by atoms with van der Waals surface area (Å²) in [5, 5.41) is 20.8. The molecule has 0 spiro atoms. The lowest BCUT2D eigenvalue weighted by molar-refractivity contribution is -0.277. The molecule has 1 saturated heterocycles. The third-order valence-corrected chi connectivity index (χ3v) is 9.88. The first kappa shape index (κ1) is 35.2. The van der Waals surface area contributed by atoms with Crippen LogP contribution in [0.3, 0.4) is 0 Å². The molecule has 1 fully saturated rings. The molecule has 0 saturated carbocycles. The Bertz CT molecular complexity index is 1430. The number of allylic oxidation sites excluding steroid dienone is 3. The summed E-state index contributed by atoms with van der Waals surface area (Å²) in [5.41, 5.74) is 1.43. The minimum atomic E-state index is -1.39. The molecule has 12 nitrogen and oxygen atoms in total. The van der Waals surface area contributed by atoms with Gasteiger partial charge in [-0.05, 0) is 68.6 Å². The molecule has 0 amide bonds. The zero-order chi connectivity index (χ0) is 34.1. The minimum absolute atomic E-state index is 0.0137. The van der Waals surface area contributed by atoms with E-state index in [4.69, 9.17) is 28.4 Å². The maximum Gasteiger partial charge on any atom is 0.331 e. The maximum atomic E-state index is 13.3. The smallest absolute Gasteiger partial charge is 0.331 e. The molecule has 1 aromatic heterocycles. The fraction of sp³-hybridized carbons (Fsp3) is 0.629. The highest BCUT2D eigenvalue weighted by molar-refractivity contribution is 5.86. The van der Waals surface area contributed by atoms with Crippen LogP contribution in [0, 0.1) is 23.7 Å². The van der Waals surface area contributed by atoms with Gasteiger partial charge in [0.05, 0.1) is 25.2 Å². The first-order valence-corrected chi connectivity index (χ1v) is 16.2. The Hall–Kier alpha value is -3.13. The van der Waals surface area contributed by atoms with Crippen molar-refractivity contribution < 1.29 is 48.2 Å². The van der Waals surface area contributed by atoms with Crippen molar-refractivity contribution in [2.45, 2.75) is 89.6 Å². The standard InChI is InChI=1S/C35H48N2O10/c1-20(2)25-10-8-21(3)26-15-29(46-30(40)11-9-24-16-37(6)19-36-24)34(5)12-13-35(42-7,47-34)23(14-27(25)26)17-43-33-32(45-22(4)38)31(41)28(39)18-44-33/h8-9,11-14,16,19-20,25-29,31-33,39,41H,10,15,17-18H2,1-7H3/b11-9+,23-14-/t25-,26?,27?,28?,29?,31?,32?,33?,34+,35-/m1/s1. The normalized spacial score (nSPS) is 38.2. The average molecular weight is 657 g/mol. The second kappa shape index (κ2) is 14.2. The third-order valence-electron chi connectivity index (χ3n) is 9.88. The van der Waals surface area contributed by atoms with Crippen LogP contribution in [0.15, 0.2) is 54.1 Å². The predicted molar refractivity (Wildman–Crippen MR) is 170 cm³/mol. The minimum Gasteiger partial charge on any atom is -0.456 e. The molecule has 12 heteroatoms. The van der Waals surface area contributed by atoms with E-state index < -0.39 is 54.0 Å². The molecule has 258 valence electrons. The number of hydrogen-bond acceptors (Lipinski definition) is 11. The fourth-order valence-corrected chi connectivity index (χ4v) is 7.17. The molecule has 5 rings (SSSR count). The SMILES string of the molecule is CO[C@]12C=C[C@](C)(O1)C(OC(=O)/C=C/c1cn(C)cn1)CC1C(C)=CC[C@H](C(C)C)C1/C=C\2COC1OCC(O)C(O)C1OC(C)=O. The molecule has 7 unspecified atom stereocenters. The number of aryl methyl sites for hydroxylation is 1. The van der Waals surface area contributed by atoms with Gasteiger partial charge in [0.15, 0.2) is 12.4 Å². The first-order valence-electron chi connectivity index (χ1n) is 16.2. The lowest BCUT2D eigenvalue weighted by Gasteiger charge is -2.41. The van der Waals surface area contributed by atoms with Crippen molar-refractivity contribution in [2.75, 3.05) is 20.3 Å². The number of aliphatic hydroxyl groups excluding tert-OH is 2. The van der Waals surface area contributed by atoms with Crippen molar-refractivity contribution in [1.29, 1.82) is 0 Å². The second-order valence-electron chi connectivity index (χ2n) is 13.6. The molecule has 4 heterocycles. The number of carbonyl (C=O) groups is 2. The molecule has 2 N–H and O–H groups in total. The number of fused-ring (bicyclic) bond motifs is 3. The van der Waals surface area contributed by atoms with Gasteiger partial charge in [0.1, 0.15) is 23.9 Å². The van der Waals surface area contributed by atoms with E-state index in [1.807, 2.05) is 26.1 Å². The van der Waals surface area contributed by atoms with Gasteiger partial charge in [-0.3, -0.25) is 4.79 Å². The Morgan fingerprint density at radius 1 is 1.23 bits per heavy atom. The van der Waals surface area contributed by atoms with Crippen molar-refractivity contribution in [2.24, 2.45) is 30.7 Å². The number of rotatable bonds is 9. The van der Waals surface area contributed by atoms with Crippen LogP contribution in [0.5, 0.6) is 0 Å². The van der Waals surface area contributed by atoms with Gasteiger partial charge in [0, 0.05) is 38.9 Å². The molecule has 4 aliphatic rings. The molecule has 2 bridgehead atoms. The van der Waals surface area contributed by atoms with E-state index >= 15 is 0 Å². The summed E-state index contributed by atoms with van der Waals surface area (Å²) in [5.74, 6) is -1.90. The van der Waals surface area contributed by atoms with Crippen molar-refractivity contribution in [3.8, 4) is 0 Å². The Labute approximate surface area is 276 Å². The summed E-state index contributed by atoms with van der Waals surface area (Å²) in [6.07, 6.45) is 10.3. The van der Waals surface area contributed by atoms with Crippen LogP contribution < -0.4 is 0 Å².